The van der Waals surface area contributed by atoms with Gasteiger partial charge < -0.3 is 10.2 Å². The Labute approximate surface area is 161 Å². The molecule has 0 unspecified atom stereocenters. The van der Waals surface area contributed by atoms with Crippen LogP contribution in [0.1, 0.15) is 56.9 Å². The van der Waals surface area contributed by atoms with Crippen molar-refractivity contribution in [2.75, 3.05) is 19.6 Å². The van der Waals surface area contributed by atoms with Crippen molar-refractivity contribution < 1.29 is 14.0 Å². The minimum atomic E-state index is -0.225. The number of piperidine rings is 1. The summed E-state index contributed by atoms with van der Waals surface area (Å²) in [5, 5.41) is 3.02. The minimum absolute atomic E-state index is 0.0650. The quantitative estimate of drug-likeness (QED) is 0.740. The van der Waals surface area contributed by atoms with Crippen LogP contribution in [0.5, 0.6) is 0 Å². The molecule has 1 saturated heterocycles. The van der Waals surface area contributed by atoms with Crippen LogP contribution in [0.2, 0.25) is 0 Å². The standard InChI is InChI=1S/C22H31FN2O2/c23-20-11-8-17(9-12-20)7-4-14-24-22(27)19-10-13-21(26)25(16-19)15-18-5-2-1-3-6-18/h8-9,11-12,18-19H,1-7,10,13-16H2,(H,24,27)/t19-/m0/s1. The summed E-state index contributed by atoms with van der Waals surface area (Å²) < 4.78 is 12.9. The van der Waals surface area contributed by atoms with Gasteiger partial charge in [0.2, 0.25) is 11.8 Å². The maximum atomic E-state index is 12.9. The second-order valence-corrected chi connectivity index (χ2v) is 8.06. The Hall–Kier alpha value is -1.91. The van der Waals surface area contributed by atoms with Crippen molar-refractivity contribution in [1.29, 1.82) is 0 Å². The summed E-state index contributed by atoms with van der Waals surface area (Å²) in [5.74, 6) is 0.574. The van der Waals surface area contributed by atoms with E-state index in [9.17, 15) is 14.0 Å². The van der Waals surface area contributed by atoms with Crippen LogP contribution in [0.4, 0.5) is 4.39 Å². The molecule has 1 aromatic carbocycles. The van der Waals surface area contributed by atoms with E-state index in [1.807, 2.05) is 4.90 Å². The van der Waals surface area contributed by atoms with Crippen LogP contribution in [0, 0.1) is 17.7 Å². The highest BCUT2D eigenvalue weighted by Crippen LogP contribution is 2.27. The summed E-state index contributed by atoms with van der Waals surface area (Å²) in [4.78, 5) is 26.7. The Balaban J connectivity index is 1.39. The van der Waals surface area contributed by atoms with Crippen molar-refractivity contribution >= 4 is 11.8 Å². The van der Waals surface area contributed by atoms with Crippen LogP contribution in [0.25, 0.3) is 0 Å². The van der Waals surface area contributed by atoms with Crippen LogP contribution in [-0.4, -0.2) is 36.3 Å². The van der Waals surface area contributed by atoms with Gasteiger partial charge in [0.25, 0.3) is 0 Å². The molecule has 0 spiro atoms. The monoisotopic (exact) mass is 374 g/mol. The molecule has 0 bridgehead atoms. The molecule has 1 saturated carbocycles. The van der Waals surface area contributed by atoms with Crippen LogP contribution < -0.4 is 5.32 Å². The van der Waals surface area contributed by atoms with E-state index < -0.39 is 0 Å². The number of benzene rings is 1. The third kappa shape index (κ3) is 6.05. The number of halogens is 1. The van der Waals surface area contributed by atoms with Gasteiger partial charge in [-0.1, -0.05) is 31.4 Å². The van der Waals surface area contributed by atoms with Crippen molar-refractivity contribution in [3.8, 4) is 0 Å². The SMILES string of the molecule is O=C(NCCCc1ccc(F)cc1)[C@H]1CCC(=O)N(CC2CCCCC2)C1. The fourth-order valence-electron chi connectivity index (χ4n) is 4.29. The zero-order chi connectivity index (χ0) is 19.1. The molecule has 0 radical (unpaired) electrons. The van der Waals surface area contributed by atoms with Gasteiger partial charge in [-0.05, 0) is 55.7 Å². The number of carbonyl (C=O) groups is 2. The van der Waals surface area contributed by atoms with Crippen LogP contribution in [0.3, 0.4) is 0 Å². The molecule has 2 amide bonds. The lowest BCUT2D eigenvalue weighted by atomic mass is 9.87. The number of aryl methyl sites for hydroxylation is 1. The maximum Gasteiger partial charge on any atom is 0.224 e. The van der Waals surface area contributed by atoms with E-state index >= 15 is 0 Å². The van der Waals surface area contributed by atoms with E-state index in [2.05, 4.69) is 5.32 Å². The van der Waals surface area contributed by atoms with E-state index in [1.54, 1.807) is 12.1 Å². The molecular formula is C22H31FN2O2. The van der Waals surface area contributed by atoms with E-state index in [1.165, 1.54) is 44.2 Å². The van der Waals surface area contributed by atoms with Gasteiger partial charge in [0.05, 0.1) is 5.92 Å². The highest BCUT2D eigenvalue weighted by molar-refractivity contribution is 5.83. The minimum Gasteiger partial charge on any atom is -0.356 e. The smallest absolute Gasteiger partial charge is 0.224 e. The molecule has 3 rings (SSSR count). The van der Waals surface area contributed by atoms with E-state index in [4.69, 9.17) is 0 Å². The van der Waals surface area contributed by atoms with Gasteiger partial charge in [-0.2, -0.15) is 0 Å². The van der Waals surface area contributed by atoms with Crippen LogP contribution >= 0.6 is 0 Å². The first kappa shape index (κ1) is 19.8. The number of likely N-dealkylation sites (tertiary alicyclic amines) is 1. The van der Waals surface area contributed by atoms with Gasteiger partial charge in [0.15, 0.2) is 0 Å². The normalized spacial score (nSPS) is 21.3. The van der Waals surface area contributed by atoms with Gasteiger partial charge in [-0.25, -0.2) is 4.39 Å². The van der Waals surface area contributed by atoms with Gasteiger partial charge in [-0.3, -0.25) is 9.59 Å². The first-order valence-corrected chi connectivity index (χ1v) is 10.4. The molecule has 1 heterocycles. The number of carbonyl (C=O) groups excluding carboxylic acids is 2. The lowest BCUT2D eigenvalue weighted by Gasteiger charge is -2.35. The predicted octanol–water partition coefficient (Wildman–Crippen LogP) is 3.69. The van der Waals surface area contributed by atoms with Crippen molar-refractivity contribution in [2.45, 2.75) is 57.8 Å². The molecule has 1 aromatic rings. The zero-order valence-corrected chi connectivity index (χ0v) is 16.1. The number of nitrogens with zero attached hydrogens (tertiary/aromatic N) is 1. The highest BCUT2D eigenvalue weighted by Gasteiger charge is 2.31. The van der Waals surface area contributed by atoms with Crippen molar-refractivity contribution in [2.24, 2.45) is 11.8 Å². The predicted molar refractivity (Wildman–Crippen MR) is 104 cm³/mol. The average Bonchev–Trinajstić information content (AvgIpc) is 2.69. The van der Waals surface area contributed by atoms with Gasteiger partial charge >= 0.3 is 0 Å². The van der Waals surface area contributed by atoms with Gasteiger partial charge in [-0.15, -0.1) is 0 Å². The summed E-state index contributed by atoms with van der Waals surface area (Å²) in [5.41, 5.74) is 1.08. The molecule has 2 aliphatic rings. The summed E-state index contributed by atoms with van der Waals surface area (Å²) in [6.45, 7) is 2.01. The summed E-state index contributed by atoms with van der Waals surface area (Å²) in [6.07, 6.45) is 9.06. The Bertz CT molecular complexity index is 626. The third-order valence-electron chi connectivity index (χ3n) is 5.93. The Kier molecular flexibility index (Phi) is 7.25. The molecule has 0 aromatic heterocycles. The van der Waals surface area contributed by atoms with E-state index in [0.29, 0.717) is 31.8 Å². The molecule has 5 heteroatoms. The number of nitrogens with one attached hydrogen (secondary N) is 1. The lowest BCUT2D eigenvalue weighted by molar-refractivity contribution is -0.139. The second-order valence-electron chi connectivity index (χ2n) is 8.06. The first-order chi connectivity index (χ1) is 13.1. The molecule has 1 aliphatic carbocycles. The average molecular weight is 375 g/mol. The Morgan fingerprint density at radius 3 is 2.59 bits per heavy atom. The Morgan fingerprint density at radius 1 is 1.11 bits per heavy atom. The summed E-state index contributed by atoms with van der Waals surface area (Å²) >= 11 is 0. The molecular weight excluding hydrogens is 343 g/mol. The fraction of sp³-hybridized carbons (Fsp3) is 0.636. The Morgan fingerprint density at radius 2 is 1.85 bits per heavy atom. The number of amides is 2. The van der Waals surface area contributed by atoms with Gasteiger partial charge in [0.1, 0.15) is 5.82 Å². The molecule has 148 valence electrons. The first-order valence-electron chi connectivity index (χ1n) is 10.4. The lowest BCUT2D eigenvalue weighted by Crippen LogP contribution is -2.47. The number of rotatable bonds is 7. The van der Waals surface area contributed by atoms with Crippen LogP contribution in [-0.2, 0) is 16.0 Å². The maximum absolute atomic E-state index is 12.9. The van der Waals surface area contributed by atoms with Crippen molar-refractivity contribution in [1.82, 2.24) is 10.2 Å². The van der Waals surface area contributed by atoms with Gasteiger partial charge in [0, 0.05) is 26.1 Å². The molecule has 2 fully saturated rings. The number of hydrogen-bond donors (Lipinski definition) is 1. The van der Waals surface area contributed by atoms with E-state index in [-0.39, 0.29) is 23.5 Å². The zero-order valence-electron chi connectivity index (χ0n) is 16.1. The summed E-state index contributed by atoms with van der Waals surface area (Å²) in [7, 11) is 0. The van der Waals surface area contributed by atoms with Crippen LogP contribution in [0.15, 0.2) is 24.3 Å². The van der Waals surface area contributed by atoms with Crippen molar-refractivity contribution in [3.63, 3.8) is 0 Å². The topological polar surface area (TPSA) is 49.4 Å². The van der Waals surface area contributed by atoms with Crippen molar-refractivity contribution in [3.05, 3.63) is 35.6 Å². The fourth-order valence-corrected chi connectivity index (χ4v) is 4.29. The second kappa shape index (κ2) is 9.86. The largest absolute Gasteiger partial charge is 0.356 e. The molecule has 4 nitrogen and oxygen atoms in total. The molecule has 1 aliphatic heterocycles. The number of hydrogen-bond acceptors (Lipinski definition) is 2. The third-order valence-corrected chi connectivity index (χ3v) is 5.93. The molecule has 1 N–H and O–H groups in total. The molecule has 27 heavy (non-hydrogen) atoms. The van der Waals surface area contributed by atoms with E-state index in [0.717, 1.165) is 24.9 Å². The molecule has 1 atom stereocenters. The highest BCUT2D eigenvalue weighted by atomic mass is 19.1. The summed E-state index contributed by atoms with van der Waals surface area (Å²) in [6, 6.07) is 6.50.